The van der Waals surface area contributed by atoms with E-state index < -0.39 is 11.6 Å². The van der Waals surface area contributed by atoms with E-state index in [2.05, 4.69) is 10.2 Å². The molecule has 0 spiro atoms. The number of hydrogen-bond donors (Lipinski definition) is 0. The smallest absolute Gasteiger partial charge is 0.172 e. The largest absolute Gasteiger partial charge is 0.293 e. The standard InChI is InChI=1S/C16H12F2N2/c17-15(18)14-11-16(20-19-14,12-7-3-1-4-8-12)13-9-5-2-6-10-13/h1-10H,11H2. The van der Waals surface area contributed by atoms with Gasteiger partial charge >= 0.3 is 0 Å². The van der Waals surface area contributed by atoms with Crippen LogP contribution in [0.5, 0.6) is 0 Å². The van der Waals surface area contributed by atoms with Crippen LogP contribution in [0.1, 0.15) is 17.5 Å². The number of benzene rings is 2. The third kappa shape index (κ3) is 2.03. The average molecular weight is 270 g/mol. The van der Waals surface area contributed by atoms with Crippen LogP contribution in [0.3, 0.4) is 0 Å². The Labute approximate surface area is 115 Å². The topological polar surface area (TPSA) is 24.7 Å². The molecule has 0 saturated heterocycles. The normalized spacial score (nSPS) is 16.4. The molecular formula is C16H12F2N2. The quantitative estimate of drug-likeness (QED) is 0.742. The van der Waals surface area contributed by atoms with Crippen LogP contribution in [-0.2, 0) is 5.54 Å². The lowest BCUT2D eigenvalue weighted by Gasteiger charge is -2.25. The second-order valence-corrected chi connectivity index (χ2v) is 4.68. The fraction of sp³-hybridized carbons (Fsp3) is 0.125. The summed E-state index contributed by atoms with van der Waals surface area (Å²) < 4.78 is 25.7. The van der Waals surface area contributed by atoms with E-state index in [9.17, 15) is 8.78 Å². The lowest BCUT2D eigenvalue weighted by atomic mass is 9.81. The molecule has 2 aromatic rings. The summed E-state index contributed by atoms with van der Waals surface area (Å²) in [5, 5.41) is 7.89. The van der Waals surface area contributed by atoms with Crippen molar-refractivity contribution in [3.8, 4) is 0 Å². The molecule has 0 fully saturated rings. The van der Waals surface area contributed by atoms with E-state index in [1.54, 1.807) is 0 Å². The molecule has 1 aliphatic rings. The van der Waals surface area contributed by atoms with Gasteiger partial charge in [0.1, 0.15) is 11.2 Å². The summed E-state index contributed by atoms with van der Waals surface area (Å²) in [6, 6.07) is 18.9. The van der Waals surface area contributed by atoms with Crippen molar-refractivity contribution in [1.82, 2.24) is 0 Å². The Bertz CT molecular complexity index is 620. The van der Waals surface area contributed by atoms with Gasteiger partial charge in [0.2, 0.25) is 0 Å². The number of azo groups is 1. The van der Waals surface area contributed by atoms with Crippen molar-refractivity contribution in [2.75, 3.05) is 0 Å². The van der Waals surface area contributed by atoms with E-state index in [0.29, 0.717) is 0 Å². The van der Waals surface area contributed by atoms with Gasteiger partial charge in [-0.15, -0.1) is 0 Å². The summed E-state index contributed by atoms with van der Waals surface area (Å²) >= 11 is 0. The molecular weight excluding hydrogens is 258 g/mol. The van der Waals surface area contributed by atoms with Crippen molar-refractivity contribution >= 4 is 0 Å². The minimum Gasteiger partial charge on any atom is -0.172 e. The van der Waals surface area contributed by atoms with Crippen LogP contribution in [-0.4, -0.2) is 0 Å². The highest BCUT2D eigenvalue weighted by Gasteiger charge is 2.40. The molecule has 0 bridgehead atoms. The van der Waals surface area contributed by atoms with Crippen molar-refractivity contribution < 1.29 is 8.78 Å². The van der Waals surface area contributed by atoms with Crippen LogP contribution in [0.2, 0.25) is 0 Å². The van der Waals surface area contributed by atoms with Crippen LogP contribution in [0.25, 0.3) is 0 Å². The first-order valence-corrected chi connectivity index (χ1v) is 6.30. The van der Waals surface area contributed by atoms with E-state index in [0.717, 1.165) is 11.1 Å². The third-order valence-electron chi connectivity index (χ3n) is 3.49. The zero-order chi connectivity index (χ0) is 14.0. The predicted octanol–water partition coefficient (Wildman–Crippen LogP) is 4.89. The zero-order valence-electron chi connectivity index (χ0n) is 10.6. The summed E-state index contributed by atoms with van der Waals surface area (Å²) in [5.41, 5.74) is 0.650. The number of hydrogen-bond acceptors (Lipinski definition) is 2. The van der Waals surface area contributed by atoms with E-state index in [1.807, 2.05) is 60.7 Å². The maximum Gasteiger partial charge on any atom is 0.293 e. The van der Waals surface area contributed by atoms with Crippen LogP contribution in [0, 0.1) is 0 Å². The first kappa shape index (κ1) is 12.7. The molecule has 4 heteroatoms. The highest BCUT2D eigenvalue weighted by molar-refractivity contribution is 5.41. The molecule has 20 heavy (non-hydrogen) atoms. The van der Waals surface area contributed by atoms with E-state index in [-0.39, 0.29) is 12.1 Å². The lowest BCUT2D eigenvalue weighted by Crippen LogP contribution is -2.22. The van der Waals surface area contributed by atoms with Gasteiger partial charge < -0.3 is 0 Å². The molecule has 0 saturated carbocycles. The molecule has 3 rings (SSSR count). The van der Waals surface area contributed by atoms with Gasteiger partial charge in [-0.1, -0.05) is 60.7 Å². The Balaban J connectivity index is 2.17. The molecule has 0 N–H and O–H groups in total. The highest BCUT2D eigenvalue weighted by atomic mass is 19.3. The average Bonchev–Trinajstić information content (AvgIpc) is 2.96. The lowest BCUT2D eigenvalue weighted by molar-refractivity contribution is 0.405. The van der Waals surface area contributed by atoms with Crippen LogP contribution >= 0.6 is 0 Å². The van der Waals surface area contributed by atoms with Gasteiger partial charge in [-0.2, -0.15) is 19.0 Å². The second-order valence-electron chi connectivity index (χ2n) is 4.68. The van der Waals surface area contributed by atoms with Crippen molar-refractivity contribution in [2.24, 2.45) is 10.2 Å². The summed E-state index contributed by atoms with van der Waals surface area (Å²) in [4.78, 5) is 0. The fourth-order valence-corrected chi connectivity index (χ4v) is 2.48. The molecule has 1 aliphatic heterocycles. The van der Waals surface area contributed by atoms with E-state index in [1.165, 1.54) is 0 Å². The minimum absolute atomic E-state index is 0.0867. The Kier molecular flexibility index (Phi) is 3.14. The van der Waals surface area contributed by atoms with Crippen molar-refractivity contribution in [2.45, 2.75) is 12.0 Å². The summed E-state index contributed by atoms with van der Waals surface area (Å²) in [6.45, 7) is 0. The predicted molar refractivity (Wildman–Crippen MR) is 72.4 cm³/mol. The van der Waals surface area contributed by atoms with Gasteiger partial charge in [0.15, 0.2) is 0 Å². The van der Waals surface area contributed by atoms with Gasteiger partial charge in [0, 0.05) is 6.42 Å². The fourth-order valence-electron chi connectivity index (χ4n) is 2.48. The van der Waals surface area contributed by atoms with Crippen LogP contribution in [0.4, 0.5) is 8.78 Å². The second kappa shape index (κ2) is 4.96. The maximum absolute atomic E-state index is 12.8. The summed E-state index contributed by atoms with van der Waals surface area (Å²) in [6.07, 6.45) is -1.67. The first-order valence-electron chi connectivity index (χ1n) is 6.30. The van der Waals surface area contributed by atoms with Crippen molar-refractivity contribution in [3.05, 3.63) is 83.6 Å². The molecule has 2 aromatic carbocycles. The monoisotopic (exact) mass is 270 g/mol. The van der Waals surface area contributed by atoms with E-state index >= 15 is 0 Å². The molecule has 0 aromatic heterocycles. The number of halogens is 2. The number of nitrogens with zero attached hydrogens (tertiary/aromatic N) is 2. The Hall–Kier alpha value is -2.36. The van der Waals surface area contributed by atoms with Gasteiger partial charge in [-0.25, -0.2) is 0 Å². The zero-order valence-corrected chi connectivity index (χ0v) is 10.6. The van der Waals surface area contributed by atoms with Crippen LogP contribution in [0.15, 0.2) is 82.7 Å². The molecule has 2 nitrogen and oxygen atoms in total. The third-order valence-corrected chi connectivity index (χ3v) is 3.49. The molecule has 0 amide bonds. The van der Waals surface area contributed by atoms with Gasteiger partial charge in [-0.3, -0.25) is 0 Å². The molecule has 0 atom stereocenters. The maximum atomic E-state index is 12.8. The SMILES string of the molecule is FC(F)=C1CC(c2ccccc2)(c2ccccc2)N=N1. The molecule has 0 radical (unpaired) electrons. The Morgan fingerprint density at radius 3 is 1.75 bits per heavy atom. The molecule has 0 unspecified atom stereocenters. The minimum atomic E-state index is -1.76. The number of rotatable bonds is 2. The van der Waals surface area contributed by atoms with E-state index in [4.69, 9.17) is 0 Å². The first-order chi connectivity index (χ1) is 9.72. The summed E-state index contributed by atoms with van der Waals surface area (Å²) in [7, 11) is 0. The molecule has 0 aliphatic carbocycles. The molecule has 1 heterocycles. The highest BCUT2D eigenvalue weighted by Crippen LogP contribution is 2.45. The Morgan fingerprint density at radius 1 is 0.850 bits per heavy atom. The van der Waals surface area contributed by atoms with Crippen molar-refractivity contribution in [3.63, 3.8) is 0 Å². The Morgan fingerprint density at radius 2 is 1.35 bits per heavy atom. The van der Waals surface area contributed by atoms with Gasteiger partial charge in [0.25, 0.3) is 6.08 Å². The van der Waals surface area contributed by atoms with Crippen molar-refractivity contribution in [1.29, 1.82) is 0 Å². The van der Waals surface area contributed by atoms with Gasteiger partial charge in [0.05, 0.1) is 0 Å². The summed E-state index contributed by atoms with van der Waals surface area (Å²) in [5.74, 6) is 0. The molecule has 100 valence electrons. The van der Waals surface area contributed by atoms with Gasteiger partial charge in [-0.05, 0) is 11.1 Å². The van der Waals surface area contributed by atoms with Crippen LogP contribution < -0.4 is 0 Å².